The average Bonchev–Trinajstić information content (AvgIpc) is 3.43. The summed E-state index contributed by atoms with van der Waals surface area (Å²) in [7, 11) is 0. The highest BCUT2D eigenvalue weighted by atomic mass is 19.2. The Morgan fingerprint density at radius 1 is 0.968 bits per heavy atom. The number of anilines is 1. The average molecular weight is 442 g/mol. The van der Waals surface area contributed by atoms with Gasteiger partial charge in [-0.2, -0.15) is 0 Å². The first-order chi connectivity index (χ1) is 14.8. The smallest absolute Gasteiger partial charge is 0.250 e. The van der Waals surface area contributed by atoms with Gasteiger partial charge in [0.15, 0.2) is 40.5 Å². The molecule has 0 atom stereocenters. The number of benzene rings is 2. The number of aromatic nitrogens is 1. The summed E-state index contributed by atoms with van der Waals surface area (Å²) in [5, 5.41) is 5.36. The van der Waals surface area contributed by atoms with Crippen LogP contribution < -0.4 is 14.8 Å². The number of halogens is 5. The lowest BCUT2D eigenvalue weighted by Gasteiger charge is -2.09. The topological polar surface area (TPSA) is 82.8 Å². The van der Waals surface area contributed by atoms with E-state index in [1.54, 1.807) is 23.5 Å². The molecule has 31 heavy (non-hydrogen) atoms. The number of nitrogens with zero attached hydrogens (tertiary/aromatic N) is 1. The summed E-state index contributed by atoms with van der Waals surface area (Å²) < 4.78 is 87.2. The molecule has 0 saturated heterocycles. The van der Waals surface area contributed by atoms with Crippen molar-refractivity contribution >= 4 is 11.6 Å². The third kappa shape index (κ3) is 4.01. The van der Waals surface area contributed by atoms with Gasteiger partial charge in [0.2, 0.25) is 12.6 Å². The largest absolute Gasteiger partial charge is 0.454 e. The standard InChI is InChI=1S/C19H11F5N2O5/c20-14-15(21)17(23)19(18(24)16(14)22)25-13(27)6-28-5-9-4-11(31-26-9)8-1-2-10-12(3-8)30-7-29-10/h1-4H,5-7H2,(H,25,27). The van der Waals surface area contributed by atoms with E-state index in [-0.39, 0.29) is 19.1 Å². The molecular formula is C19H11F5N2O5. The summed E-state index contributed by atoms with van der Waals surface area (Å²) in [5.74, 6) is -10.6. The number of nitrogens with one attached hydrogen (secondary N) is 1. The SMILES string of the molecule is O=C(COCc1cc(-c2ccc3c(c2)OCO3)on1)Nc1c(F)c(F)c(F)c(F)c1F. The van der Waals surface area contributed by atoms with Crippen molar-refractivity contribution < 1.29 is 45.5 Å². The van der Waals surface area contributed by atoms with E-state index in [1.165, 1.54) is 6.07 Å². The molecule has 1 aliphatic rings. The number of hydrogen-bond donors (Lipinski definition) is 1. The molecule has 0 spiro atoms. The fourth-order valence-electron chi connectivity index (χ4n) is 2.70. The Labute approximate surface area is 170 Å². The molecule has 1 aromatic heterocycles. The Kier molecular flexibility index (Phi) is 5.46. The Bertz CT molecular complexity index is 1140. The van der Waals surface area contributed by atoms with E-state index in [4.69, 9.17) is 18.7 Å². The Morgan fingerprint density at radius 3 is 2.39 bits per heavy atom. The van der Waals surface area contributed by atoms with E-state index in [0.717, 1.165) is 0 Å². The van der Waals surface area contributed by atoms with E-state index >= 15 is 0 Å². The van der Waals surface area contributed by atoms with Crippen molar-refractivity contribution in [3.63, 3.8) is 0 Å². The maximum absolute atomic E-state index is 13.6. The number of hydrogen-bond acceptors (Lipinski definition) is 6. The zero-order chi connectivity index (χ0) is 22.1. The van der Waals surface area contributed by atoms with Crippen molar-refractivity contribution in [3.8, 4) is 22.8 Å². The molecule has 1 N–H and O–H groups in total. The maximum Gasteiger partial charge on any atom is 0.250 e. The molecular weight excluding hydrogens is 431 g/mol. The van der Waals surface area contributed by atoms with Crippen molar-refractivity contribution in [2.75, 3.05) is 18.7 Å². The minimum Gasteiger partial charge on any atom is -0.454 e. The highest BCUT2D eigenvalue weighted by Crippen LogP contribution is 2.36. The monoisotopic (exact) mass is 442 g/mol. The number of carbonyl (C=O) groups excluding carboxylic acids is 1. The zero-order valence-electron chi connectivity index (χ0n) is 15.3. The maximum atomic E-state index is 13.6. The van der Waals surface area contributed by atoms with Crippen LogP contribution in [-0.4, -0.2) is 24.5 Å². The molecule has 1 amide bonds. The molecule has 0 unspecified atom stereocenters. The highest BCUT2D eigenvalue weighted by molar-refractivity contribution is 5.92. The van der Waals surface area contributed by atoms with Crippen molar-refractivity contribution in [1.82, 2.24) is 5.16 Å². The summed E-state index contributed by atoms with van der Waals surface area (Å²) in [6.45, 7) is -0.856. The number of rotatable bonds is 6. The Hall–Kier alpha value is -3.67. The van der Waals surface area contributed by atoms with Crippen LogP contribution in [0.15, 0.2) is 28.8 Å². The minimum atomic E-state index is -2.33. The van der Waals surface area contributed by atoms with Crippen LogP contribution in [0.25, 0.3) is 11.3 Å². The second-order valence-corrected chi connectivity index (χ2v) is 6.24. The van der Waals surface area contributed by atoms with Crippen LogP contribution in [0.2, 0.25) is 0 Å². The molecule has 0 radical (unpaired) electrons. The van der Waals surface area contributed by atoms with Crippen LogP contribution in [-0.2, 0) is 16.1 Å². The molecule has 0 fully saturated rings. The normalized spacial score (nSPS) is 12.3. The molecule has 0 saturated carbocycles. The van der Waals surface area contributed by atoms with Gasteiger partial charge in [0.05, 0.1) is 6.61 Å². The molecule has 7 nitrogen and oxygen atoms in total. The summed E-state index contributed by atoms with van der Waals surface area (Å²) in [6, 6.07) is 6.63. The third-order valence-electron chi connectivity index (χ3n) is 4.17. The van der Waals surface area contributed by atoms with Crippen molar-refractivity contribution in [3.05, 3.63) is 59.0 Å². The molecule has 4 rings (SSSR count). The molecule has 2 heterocycles. The number of fused-ring (bicyclic) bond motifs is 1. The van der Waals surface area contributed by atoms with Crippen LogP contribution in [0, 0.1) is 29.1 Å². The molecule has 2 aromatic carbocycles. The number of ether oxygens (including phenoxy) is 3. The first-order valence-corrected chi connectivity index (χ1v) is 8.59. The van der Waals surface area contributed by atoms with Gasteiger partial charge in [-0.3, -0.25) is 4.79 Å². The van der Waals surface area contributed by atoms with Crippen molar-refractivity contribution in [1.29, 1.82) is 0 Å². The van der Waals surface area contributed by atoms with Gasteiger partial charge in [0.1, 0.15) is 18.0 Å². The quantitative estimate of drug-likeness (QED) is 0.354. The van der Waals surface area contributed by atoms with E-state index < -0.39 is 47.3 Å². The molecule has 0 bridgehead atoms. The molecule has 12 heteroatoms. The molecule has 3 aromatic rings. The van der Waals surface area contributed by atoms with Gasteiger partial charge in [-0.15, -0.1) is 0 Å². The van der Waals surface area contributed by atoms with Gasteiger partial charge in [-0.1, -0.05) is 5.16 Å². The van der Waals surface area contributed by atoms with E-state index in [2.05, 4.69) is 5.16 Å². The third-order valence-corrected chi connectivity index (χ3v) is 4.17. The van der Waals surface area contributed by atoms with Gasteiger partial charge >= 0.3 is 0 Å². The zero-order valence-corrected chi connectivity index (χ0v) is 15.3. The lowest BCUT2D eigenvalue weighted by Crippen LogP contribution is -2.21. The second kappa shape index (κ2) is 8.22. The van der Waals surface area contributed by atoms with Crippen LogP contribution in [0.5, 0.6) is 11.5 Å². The van der Waals surface area contributed by atoms with Gasteiger partial charge in [-0.25, -0.2) is 22.0 Å². The lowest BCUT2D eigenvalue weighted by atomic mass is 10.1. The van der Waals surface area contributed by atoms with E-state index in [9.17, 15) is 26.7 Å². The fourth-order valence-corrected chi connectivity index (χ4v) is 2.70. The highest BCUT2D eigenvalue weighted by Gasteiger charge is 2.26. The lowest BCUT2D eigenvalue weighted by molar-refractivity contribution is -0.121. The summed E-state index contributed by atoms with van der Waals surface area (Å²) in [6.07, 6.45) is 0. The molecule has 162 valence electrons. The van der Waals surface area contributed by atoms with Gasteiger partial charge in [0.25, 0.3) is 5.91 Å². The summed E-state index contributed by atoms with van der Waals surface area (Å²) in [4.78, 5) is 11.8. The Balaban J connectivity index is 1.35. The van der Waals surface area contributed by atoms with Crippen molar-refractivity contribution in [2.45, 2.75) is 6.61 Å². The van der Waals surface area contributed by atoms with Gasteiger partial charge < -0.3 is 24.1 Å². The van der Waals surface area contributed by atoms with Crippen LogP contribution in [0.4, 0.5) is 27.6 Å². The predicted molar refractivity (Wildman–Crippen MR) is 92.6 cm³/mol. The van der Waals surface area contributed by atoms with Crippen LogP contribution in [0.1, 0.15) is 5.69 Å². The molecule has 0 aliphatic carbocycles. The van der Waals surface area contributed by atoms with Crippen LogP contribution >= 0.6 is 0 Å². The first kappa shape index (κ1) is 20.6. The van der Waals surface area contributed by atoms with E-state index in [1.807, 2.05) is 0 Å². The fraction of sp³-hybridized carbons (Fsp3) is 0.158. The summed E-state index contributed by atoms with van der Waals surface area (Å²) in [5.41, 5.74) is -0.528. The second-order valence-electron chi connectivity index (χ2n) is 6.24. The van der Waals surface area contributed by atoms with Crippen LogP contribution in [0.3, 0.4) is 0 Å². The van der Waals surface area contributed by atoms with Gasteiger partial charge in [-0.05, 0) is 18.2 Å². The number of amides is 1. The molecule has 1 aliphatic heterocycles. The Morgan fingerprint density at radius 2 is 1.65 bits per heavy atom. The van der Waals surface area contributed by atoms with Gasteiger partial charge in [0, 0.05) is 11.6 Å². The summed E-state index contributed by atoms with van der Waals surface area (Å²) >= 11 is 0. The first-order valence-electron chi connectivity index (χ1n) is 8.59. The minimum absolute atomic E-state index is 0.112. The number of carbonyl (C=O) groups is 1. The predicted octanol–water partition coefficient (Wildman–Crippen LogP) is 3.92. The van der Waals surface area contributed by atoms with E-state index in [0.29, 0.717) is 22.8 Å². The van der Waals surface area contributed by atoms with Crippen molar-refractivity contribution in [2.24, 2.45) is 0 Å².